The van der Waals surface area contributed by atoms with Crippen LogP contribution in [0, 0.1) is 11.3 Å². The number of halogens is 1. The molecule has 1 aromatic heterocycles. The lowest BCUT2D eigenvalue weighted by molar-refractivity contribution is -0.157. The van der Waals surface area contributed by atoms with E-state index >= 15 is 0 Å². The number of pyridine rings is 1. The highest BCUT2D eigenvalue weighted by Gasteiger charge is 2.35. The van der Waals surface area contributed by atoms with Gasteiger partial charge in [0, 0.05) is 43.0 Å². The molecule has 2 aliphatic rings. The highest BCUT2D eigenvalue weighted by molar-refractivity contribution is 9.10. The predicted molar refractivity (Wildman–Crippen MR) is 118 cm³/mol. The maximum atomic E-state index is 12.5. The van der Waals surface area contributed by atoms with Crippen LogP contribution in [-0.4, -0.2) is 67.9 Å². The molecule has 2 aliphatic heterocycles. The molecule has 0 aromatic carbocycles. The van der Waals surface area contributed by atoms with E-state index in [1.807, 2.05) is 18.3 Å². The summed E-state index contributed by atoms with van der Waals surface area (Å²) in [6, 6.07) is 4.53. The standard InChI is InChI=1S/C22H34BrN3O3/c1-22(2,3)19-13-16(8-11-28-19)21(27)29-12-10-25(4)18-7-9-26(15-18)20-6-5-17(23)14-24-20/h5-6,14,16,18-19H,7-13,15H2,1-4H3. The molecule has 3 atom stereocenters. The van der Waals surface area contributed by atoms with Crippen LogP contribution in [0.3, 0.4) is 0 Å². The topological polar surface area (TPSA) is 54.9 Å². The second-order valence-electron chi connectivity index (χ2n) is 9.32. The van der Waals surface area contributed by atoms with Crippen LogP contribution in [0.4, 0.5) is 5.82 Å². The summed E-state index contributed by atoms with van der Waals surface area (Å²) in [4.78, 5) is 21.6. The molecule has 3 rings (SSSR count). The summed E-state index contributed by atoms with van der Waals surface area (Å²) in [5.74, 6) is 0.912. The van der Waals surface area contributed by atoms with Gasteiger partial charge in [-0.05, 0) is 59.8 Å². The summed E-state index contributed by atoms with van der Waals surface area (Å²) in [7, 11) is 2.11. The first-order valence-electron chi connectivity index (χ1n) is 10.6. The molecule has 0 spiro atoms. The van der Waals surface area contributed by atoms with Crippen LogP contribution in [0.5, 0.6) is 0 Å². The molecular formula is C22H34BrN3O3. The summed E-state index contributed by atoms with van der Waals surface area (Å²) in [5.41, 5.74) is 0.0528. The minimum atomic E-state index is -0.0666. The van der Waals surface area contributed by atoms with Gasteiger partial charge in [0.05, 0.1) is 12.0 Å². The summed E-state index contributed by atoms with van der Waals surface area (Å²) in [6.07, 6.45) is 4.57. The predicted octanol–water partition coefficient (Wildman–Crippen LogP) is 3.74. The van der Waals surface area contributed by atoms with Crippen LogP contribution in [-0.2, 0) is 14.3 Å². The van der Waals surface area contributed by atoms with Crippen molar-refractivity contribution in [1.29, 1.82) is 0 Å². The molecule has 3 unspecified atom stereocenters. The van der Waals surface area contributed by atoms with Gasteiger partial charge in [-0.2, -0.15) is 0 Å². The van der Waals surface area contributed by atoms with Gasteiger partial charge in [-0.15, -0.1) is 0 Å². The maximum Gasteiger partial charge on any atom is 0.309 e. The van der Waals surface area contributed by atoms with Crippen molar-refractivity contribution in [2.45, 2.75) is 52.2 Å². The highest BCUT2D eigenvalue weighted by Crippen LogP contribution is 2.33. The van der Waals surface area contributed by atoms with E-state index < -0.39 is 0 Å². The molecule has 3 heterocycles. The molecule has 6 nitrogen and oxygen atoms in total. The third-order valence-electron chi connectivity index (χ3n) is 6.09. The van der Waals surface area contributed by atoms with Crippen LogP contribution < -0.4 is 4.90 Å². The average Bonchev–Trinajstić information content (AvgIpc) is 3.18. The van der Waals surface area contributed by atoms with E-state index in [9.17, 15) is 4.79 Å². The van der Waals surface area contributed by atoms with Gasteiger partial charge in [-0.1, -0.05) is 20.8 Å². The van der Waals surface area contributed by atoms with Crippen molar-refractivity contribution in [3.8, 4) is 0 Å². The van der Waals surface area contributed by atoms with Gasteiger partial charge in [-0.3, -0.25) is 9.69 Å². The zero-order valence-electron chi connectivity index (χ0n) is 18.1. The van der Waals surface area contributed by atoms with E-state index in [0.717, 1.165) is 49.2 Å². The van der Waals surface area contributed by atoms with Gasteiger partial charge < -0.3 is 14.4 Å². The van der Waals surface area contributed by atoms with Gasteiger partial charge in [0.15, 0.2) is 0 Å². The monoisotopic (exact) mass is 467 g/mol. The molecule has 2 fully saturated rings. The van der Waals surface area contributed by atoms with Crippen molar-refractivity contribution in [3.63, 3.8) is 0 Å². The number of carbonyl (C=O) groups is 1. The largest absolute Gasteiger partial charge is 0.464 e. The summed E-state index contributed by atoms with van der Waals surface area (Å²) >= 11 is 3.43. The Balaban J connectivity index is 1.40. The zero-order chi connectivity index (χ0) is 21.0. The molecule has 1 aromatic rings. The van der Waals surface area contributed by atoms with Crippen LogP contribution in [0.25, 0.3) is 0 Å². The normalized spacial score (nSPS) is 25.4. The number of hydrogen-bond donors (Lipinski definition) is 0. The molecule has 0 amide bonds. The number of nitrogens with zero attached hydrogens (tertiary/aromatic N) is 3. The third-order valence-corrected chi connectivity index (χ3v) is 6.56. The van der Waals surface area contributed by atoms with E-state index in [0.29, 0.717) is 19.3 Å². The number of aromatic nitrogens is 1. The molecule has 0 radical (unpaired) electrons. The lowest BCUT2D eigenvalue weighted by atomic mass is 9.81. The second-order valence-corrected chi connectivity index (χ2v) is 10.2. The van der Waals surface area contributed by atoms with Gasteiger partial charge in [-0.25, -0.2) is 4.98 Å². The van der Waals surface area contributed by atoms with E-state index in [2.05, 4.69) is 58.5 Å². The van der Waals surface area contributed by atoms with Crippen molar-refractivity contribution in [2.24, 2.45) is 11.3 Å². The van der Waals surface area contributed by atoms with E-state index in [4.69, 9.17) is 9.47 Å². The molecule has 29 heavy (non-hydrogen) atoms. The van der Waals surface area contributed by atoms with Crippen molar-refractivity contribution >= 4 is 27.7 Å². The number of likely N-dealkylation sites (N-methyl/N-ethyl adjacent to an activating group) is 1. The lowest BCUT2D eigenvalue weighted by Crippen LogP contribution is -2.40. The van der Waals surface area contributed by atoms with Crippen LogP contribution in [0.15, 0.2) is 22.8 Å². The van der Waals surface area contributed by atoms with Crippen molar-refractivity contribution in [1.82, 2.24) is 9.88 Å². The van der Waals surface area contributed by atoms with Crippen LogP contribution >= 0.6 is 15.9 Å². The number of anilines is 1. The quantitative estimate of drug-likeness (QED) is 0.593. The van der Waals surface area contributed by atoms with Gasteiger partial charge in [0.2, 0.25) is 0 Å². The minimum absolute atomic E-state index is 0.0382. The molecule has 0 bridgehead atoms. The Morgan fingerprint density at radius 3 is 2.86 bits per heavy atom. The fraction of sp³-hybridized carbons (Fsp3) is 0.727. The third kappa shape index (κ3) is 6.15. The Kier molecular flexibility index (Phi) is 7.57. The first-order chi connectivity index (χ1) is 13.7. The number of ether oxygens (including phenoxy) is 2. The zero-order valence-corrected chi connectivity index (χ0v) is 19.7. The lowest BCUT2D eigenvalue weighted by Gasteiger charge is -2.36. The first kappa shape index (κ1) is 22.5. The summed E-state index contributed by atoms with van der Waals surface area (Å²) in [6.45, 7) is 10.3. The Hall–Kier alpha value is -1.18. The molecule has 162 valence electrons. The van der Waals surface area contributed by atoms with Crippen LogP contribution in [0.2, 0.25) is 0 Å². The molecule has 0 saturated carbocycles. The number of esters is 1. The Morgan fingerprint density at radius 2 is 2.17 bits per heavy atom. The summed E-state index contributed by atoms with van der Waals surface area (Å²) < 4.78 is 12.5. The average molecular weight is 468 g/mol. The Labute approximate surface area is 183 Å². The van der Waals surface area contributed by atoms with E-state index in [1.165, 1.54) is 0 Å². The van der Waals surface area contributed by atoms with Crippen LogP contribution in [0.1, 0.15) is 40.0 Å². The summed E-state index contributed by atoms with van der Waals surface area (Å²) in [5, 5.41) is 0. The molecule has 7 heteroatoms. The minimum Gasteiger partial charge on any atom is -0.464 e. The number of hydrogen-bond acceptors (Lipinski definition) is 6. The molecular weight excluding hydrogens is 434 g/mol. The molecule has 0 aliphatic carbocycles. The smallest absolute Gasteiger partial charge is 0.309 e. The van der Waals surface area contributed by atoms with Gasteiger partial charge in [0.25, 0.3) is 0 Å². The Morgan fingerprint density at radius 1 is 1.38 bits per heavy atom. The van der Waals surface area contributed by atoms with E-state index in [1.54, 1.807) is 0 Å². The van der Waals surface area contributed by atoms with E-state index in [-0.39, 0.29) is 23.4 Å². The first-order valence-corrected chi connectivity index (χ1v) is 11.4. The maximum absolute atomic E-state index is 12.5. The SMILES string of the molecule is CN(CCOC(=O)C1CCOC(C(C)(C)C)C1)C1CCN(c2ccc(Br)cn2)C1. The highest BCUT2D eigenvalue weighted by atomic mass is 79.9. The van der Waals surface area contributed by atoms with Crippen molar-refractivity contribution in [3.05, 3.63) is 22.8 Å². The van der Waals surface area contributed by atoms with Crippen molar-refractivity contribution in [2.75, 3.05) is 44.8 Å². The van der Waals surface area contributed by atoms with Crippen molar-refractivity contribution < 1.29 is 14.3 Å². The second kappa shape index (κ2) is 9.75. The fourth-order valence-corrected chi connectivity index (χ4v) is 4.30. The number of carbonyl (C=O) groups excluding carboxylic acids is 1. The fourth-order valence-electron chi connectivity index (χ4n) is 4.07. The van der Waals surface area contributed by atoms with Gasteiger partial charge in [0.1, 0.15) is 12.4 Å². The molecule has 2 saturated heterocycles. The Bertz CT molecular complexity index is 677. The number of rotatable bonds is 6. The molecule has 0 N–H and O–H groups in total. The van der Waals surface area contributed by atoms with Gasteiger partial charge >= 0.3 is 5.97 Å².